The highest BCUT2D eigenvalue weighted by molar-refractivity contribution is 5.77. The Balaban J connectivity index is 1.59. The smallest absolute Gasteiger partial charge is 0.136 e. The van der Waals surface area contributed by atoms with Crippen molar-refractivity contribution < 1.29 is 4.74 Å². The minimum Gasteiger partial charge on any atom is -0.370 e. The van der Waals surface area contributed by atoms with E-state index in [1.54, 1.807) is 0 Å². The van der Waals surface area contributed by atoms with Gasteiger partial charge in [0.05, 0.1) is 17.1 Å². The number of nitrogens with zero attached hydrogens (tertiary/aromatic N) is 2. The first-order valence-corrected chi connectivity index (χ1v) is 8.11. The Bertz CT molecular complexity index is 639. The number of benzene rings is 1. The number of nitrogens with one attached hydrogen (secondary N) is 1. The van der Waals surface area contributed by atoms with Gasteiger partial charge in [-0.15, -0.1) is 0 Å². The van der Waals surface area contributed by atoms with E-state index in [1.165, 1.54) is 23.9 Å². The predicted octanol–water partition coefficient (Wildman–Crippen LogP) is 2.95. The fourth-order valence-corrected chi connectivity index (χ4v) is 3.26. The molecule has 2 fully saturated rings. The minimum atomic E-state index is 0.389. The summed E-state index contributed by atoms with van der Waals surface area (Å²) in [5, 5.41) is 3.38. The third kappa shape index (κ3) is 2.70. The largest absolute Gasteiger partial charge is 0.370 e. The molecule has 4 nitrogen and oxygen atoms in total. The van der Waals surface area contributed by atoms with Crippen LogP contribution in [0, 0.1) is 6.92 Å². The maximum Gasteiger partial charge on any atom is 0.136 e. The molecule has 1 aliphatic heterocycles. The van der Waals surface area contributed by atoms with E-state index in [0.717, 1.165) is 37.3 Å². The molecule has 112 valence electrons. The Labute approximate surface area is 125 Å². The number of hydrogen-bond acceptors (Lipinski definition) is 3. The minimum absolute atomic E-state index is 0.389. The van der Waals surface area contributed by atoms with Crippen LogP contribution in [0.5, 0.6) is 0 Å². The molecule has 0 radical (unpaired) electrons. The zero-order valence-corrected chi connectivity index (χ0v) is 12.6. The van der Waals surface area contributed by atoms with Gasteiger partial charge in [0, 0.05) is 6.04 Å². The molecule has 1 aliphatic carbocycles. The highest BCUT2D eigenvalue weighted by Crippen LogP contribution is 2.39. The van der Waals surface area contributed by atoms with Gasteiger partial charge in [0.25, 0.3) is 0 Å². The van der Waals surface area contributed by atoms with Gasteiger partial charge in [-0.25, -0.2) is 4.98 Å². The first kappa shape index (κ1) is 13.3. The fourth-order valence-electron chi connectivity index (χ4n) is 3.26. The van der Waals surface area contributed by atoms with Crippen molar-refractivity contribution in [3.05, 3.63) is 29.6 Å². The topological polar surface area (TPSA) is 39.1 Å². The molecule has 1 N–H and O–H groups in total. The summed E-state index contributed by atoms with van der Waals surface area (Å²) >= 11 is 0. The molecular weight excluding hydrogens is 262 g/mol. The van der Waals surface area contributed by atoms with E-state index in [2.05, 4.69) is 35.0 Å². The van der Waals surface area contributed by atoms with Gasteiger partial charge in [-0.2, -0.15) is 0 Å². The second-order valence-corrected chi connectivity index (χ2v) is 6.38. The number of fused-ring (bicyclic) bond motifs is 1. The zero-order chi connectivity index (χ0) is 14.2. The monoisotopic (exact) mass is 285 g/mol. The molecule has 2 aromatic rings. The van der Waals surface area contributed by atoms with Crippen LogP contribution in [0.15, 0.2) is 18.2 Å². The second kappa shape index (κ2) is 5.43. The SMILES string of the molecule is Cc1ccc2c(c1)nc(COC1CCNCC1)n2C1CC1. The van der Waals surface area contributed by atoms with E-state index in [9.17, 15) is 0 Å². The normalized spacial score (nSPS) is 20.2. The summed E-state index contributed by atoms with van der Waals surface area (Å²) in [7, 11) is 0. The number of hydrogen-bond donors (Lipinski definition) is 1. The van der Waals surface area contributed by atoms with Crippen molar-refractivity contribution in [3.63, 3.8) is 0 Å². The summed E-state index contributed by atoms with van der Waals surface area (Å²) < 4.78 is 8.54. The van der Waals surface area contributed by atoms with Crippen molar-refractivity contribution in [2.75, 3.05) is 13.1 Å². The lowest BCUT2D eigenvalue weighted by Crippen LogP contribution is -2.32. The van der Waals surface area contributed by atoms with Crippen molar-refractivity contribution in [2.45, 2.75) is 51.4 Å². The van der Waals surface area contributed by atoms with Crippen molar-refractivity contribution in [1.29, 1.82) is 0 Å². The van der Waals surface area contributed by atoms with Crippen LogP contribution in [-0.2, 0) is 11.3 Å². The molecule has 0 bridgehead atoms. The molecule has 2 heterocycles. The molecule has 0 atom stereocenters. The van der Waals surface area contributed by atoms with Crippen LogP contribution in [-0.4, -0.2) is 28.7 Å². The van der Waals surface area contributed by atoms with Crippen molar-refractivity contribution in [1.82, 2.24) is 14.9 Å². The van der Waals surface area contributed by atoms with Gasteiger partial charge in [-0.05, 0) is 63.4 Å². The Kier molecular flexibility index (Phi) is 3.43. The molecule has 1 saturated carbocycles. The van der Waals surface area contributed by atoms with Crippen molar-refractivity contribution in [3.8, 4) is 0 Å². The summed E-state index contributed by atoms with van der Waals surface area (Å²) in [6, 6.07) is 7.22. The van der Waals surface area contributed by atoms with Crippen LogP contribution in [0.2, 0.25) is 0 Å². The molecule has 0 spiro atoms. The molecule has 21 heavy (non-hydrogen) atoms. The highest BCUT2D eigenvalue weighted by atomic mass is 16.5. The van der Waals surface area contributed by atoms with Gasteiger partial charge in [0.1, 0.15) is 12.4 Å². The van der Waals surface area contributed by atoms with Crippen LogP contribution >= 0.6 is 0 Å². The number of ether oxygens (including phenoxy) is 1. The molecule has 4 heteroatoms. The summed E-state index contributed by atoms with van der Waals surface area (Å²) in [6.07, 6.45) is 5.17. The lowest BCUT2D eigenvalue weighted by atomic mass is 10.1. The van der Waals surface area contributed by atoms with Crippen molar-refractivity contribution in [2.24, 2.45) is 0 Å². The molecule has 4 rings (SSSR count). The van der Waals surface area contributed by atoms with Crippen LogP contribution in [0.4, 0.5) is 0 Å². The lowest BCUT2D eigenvalue weighted by Gasteiger charge is -2.23. The first-order chi connectivity index (χ1) is 10.3. The number of rotatable bonds is 4. The van der Waals surface area contributed by atoms with E-state index in [1.807, 2.05) is 0 Å². The molecule has 0 unspecified atom stereocenters. The molecule has 2 aliphatic rings. The first-order valence-electron chi connectivity index (χ1n) is 8.11. The van der Waals surface area contributed by atoms with Crippen LogP contribution in [0.1, 0.15) is 43.1 Å². The van der Waals surface area contributed by atoms with Crippen LogP contribution in [0.25, 0.3) is 11.0 Å². The number of aryl methyl sites for hydroxylation is 1. The maximum atomic E-state index is 6.12. The lowest BCUT2D eigenvalue weighted by molar-refractivity contribution is 0.0166. The Morgan fingerprint density at radius 3 is 2.81 bits per heavy atom. The zero-order valence-electron chi connectivity index (χ0n) is 12.6. The highest BCUT2D eigenvalue weighted by Gasteiger charge is 2.28. The van der Waals surface area contributed by atoms with E-state index in [4.69, 9.17) is 9.72 Å². The van der Waals surface area contributed by atoms with Crippen LogP contribution < -0.4 is 5.32 Å². The van der Waals surface area contributed by atoms with Crippen molar-refractivity contribution >= 4 is 11.0 Å². The summed E-state index contributed by atoms with van der Waals surface area (Å²) in [5.41, 5.74) is 3.66. The molecule has 1 saturated heterocycles. The predicted molar refractivity (Wildman–Crippen MR) is 83.4 cm³/mol. The summed E-state index contributed by atoms with van der Waals surface area (Å²) in [5.74, 6) is 1.11. The fraction of sp³-hybridized carbons (Fsp3) is 0.588. The summed E-state index contributed by atoms with van der Waals surface area (Å²) in [4.78, 5) is 4.84. The Morgan fingerprint density at radius 1 is 1.24 bits per heavy atom. The van der Waals surface area contributed by atoms with E-state index < -0.39 is 0 Å². The average molecular weight is 285 g/mol. The van der Waals surface area contributed by atoms with Gasteiger partial charge >= 0.3 is 0 Å². The van der Waals surface area contributed by atoms with E-state index in [-0.39, 0.29) is 0 Å². The Hall–Kier alpha value is -1.39. The molecule has 0 amide bonds. The molecular formula is C17H23N3O. The third-order valence-electron chi connectivity index (χ3n) is 4.56. The van der Waals surface area contributed by atoms with Gasteiger partial charge in [0.2, 0.25) is 0 Å². The number of piperidine rings is 1. The van der Waals surface area contributed by atoms with Gasteiger partial charge in [-0.3, -0.25) is 0 Å². The summed E-state index contributed by atoms with van der Waals surface area (Å²) in [6.45, 7) is 4.92. The van der Waals surface area contributed by atoms with E-state index >= 15 is 0 Å². The molecule has 1 aromatic carbocycles. The average Bonchev–Trinajstić information content (AvgIpc) is 3.27. The van der Waals surface area contributed by atoms with Gasteiger partial charge < -0.3 is 14.6 Å². The number of imidazole rings is 1. The van der Waals surface area contributed by atoms with Gasteiger partial charge in [-0.1, -0.05) is 6.07 Å². The molecule has 1 aromatic heterocycles. The van der Waals surface area contributed by atoms with Gasteiger partial charge in [0.15, 0.2) is 0 Å². The third-order valence-corrected chi connectivity index (χ3v) is 4.56. The standard InChI is InChI=1S/C17H23N3O/c1-12-2-5-16-15(10-12)19-17(20(16)13-3-4-13)11-21-14-6-8-18-9-7-14/h2,5,10,13-14,18H,3-4,6-9,11H2,1H3. The van der Waals surface area contributed by atoms with Crippen LogP contribution in [0.3, 0.4) is 0 Å². The van der Waals surface area contributed by atoms with E-state index in [0.29, 0.717) is 18.8 Å². The Morgan fingerprint density at radius 2 is 2.05 bits per heavy atom. The quantitative estimate of drug-likeness (QED) is 0.938. The maximum absolute atomic E-state index is 6.12. The second-order valence-electron chi connectivity index (χ2n) is 6.38. The number of aromatic nitrogens is 2.